The molecule has 0 bridgehead atoms. The number of aromatic nitrogens is 1. The topological polar surface area (TPSA) is 62.0 Å². The predicted molar refractivity (Wildman–Crippen MR) is 96.6 cm³/mol. The number of halogens is 3. The Morgan fingerprint density at radius 2 is 1.83 bits per heavy atom. The van der Waals surface area contributed by atoms with E-state index in [2.05, 4.69) is 10.3 Å². The number of hydrogen-bond donors (Lipinski definition) is 2. The van der Waals surface area contributed by atoms with E-state index in [1.807, 2.05) is 6.92 Å². The molecular formula is C17H17F2IN2O2. The van der Waals surface area contributed by atoms with Crippen molar-refractivity contribution in [1.29, 1.82) is 0 Å². The van der Waals surface area contributed by atoms with Gasteiger partial charge in [-0.3, -0.25) is 9.59 Å². The van der Waals surface area contributed by atoms with Gasteiger partial charge in [-0.25, -0.2) is 8.78 Å². The smallest absolute Gasteiger partial charge is 0.272 e. The summed E-state index contributed by atoms with van der Waals surface area (Å²) in [5.41, 5.74) is 2.01. The summed E-state index contributed by atoms with van der Waals surface area (Å²) in [6.45, 7) is 5.11. The number of benzene rings is 1. The van der Waals surface area contributed by atoms with Crippen LogP contribution in [0, 0.1) is 22.1 Å². The van der Waals surface area contributed by atoms with Crippen molar-refractivity contribution in [2.75, 3.05) is 5.32 Å². The maximum Gasteiger partial charge on any atom is 0.272 e. The van der Waals surface area contributed by atoms with Crippen LogP contribution in [0.25, 0.3) is 0 Å². The normalized spacial score (nSPS) is 10.8. The van der Waals surface area contributed by atoms with Gasteiger partial charge in [0.1, 0.15) is 17.3 Å². The van der Waals surface area contributed by atoms with E-state index in [0.717, 1.165) is 18.6 Å². The maximum atomic E-state index is 13.6. The van der Waals surface area contributed by atoms with Crippen molar-refractivity contribution < 1.29 is 18.4 Å². The van der Waals surface area contributed by atoms with Gasteiger partial charge in [-0.15, -0.1) is 0 Å². The Kier molecular flexibility index (Phi) is 5.74. The minimum atomic E-state index is -0.744. The molecule has 0 atom stereocenters. The van der Waals surface area contributed by atoms with Crippen molar-refractivity contribution in [1.82, 2.24) is 4.98 Å². The summed E-state index contributed by atoms with van der Waals surface area (Å²) in [5.74, 6) is -2.15. The van der Waals surface area contributed by atoms with Crippen LogP contribution in [0.1, 0.15) is 52.4 Å². The van der Waals surface area contributed by atoms with Gasteiger partial charge < -0.3 is 10.3 Å². The van der Waals surface area contributed by atoms with Gasteiger partial charge in [-0.05, 0) is 60.6 Å². The lowest BCUT2D eigenvalue weighted by atomic mass is 10.0. The minimum Gasteiger partial charge on any atom is -0.354 e. The van der Waals surface area contributed by atoms with Gasteiger partial charge in [-0.1, -0.05) is 13.3 Å². The number of Topliss-reactive ketones (excluding diaryl/α,β-unsaturated/α-hetero) is 1. The van der Waals surface area contributed by atoms with Crippen LogP contribution < -0.4 is 5.32 Å². The lowest BCUT2D eigenvalue weighted by molar-refractivity contribution is 0.101. The SMILES string of the molecule is CCCc1c(C(=O)Nc2cc(F)c(I)c(F)c2)[nH]c(C)c1C(C)=O. The molecule has 0 radical (unpaired) electrons. The van der Waals surface area contributed by atoms with Crippen LogP contribution in [0.15, 0.2) is 12.1 Å². The number of rotatable bonds is 5. The van der Waals surface area contributed by atoms with Crippen molar-refractivity contribution >= 4 is 40.0 Å². The van der Waals surface area contributed by atoms with E-state index in [0.29, 0.717) is 23.2 Å². The molecule has 24 heavy (non-hydrogen) atoms. The third-order valence-electron chi connectivity index (χ3n) is 3.61. The van der Waals surface area contributed by atoms with Gasteiger partial charge in [0.05, 0.1) is 3.57 Å². The van der Waals surface area contributed by atoms with Crippen molar-refractivity contribution in [3.8, 4) is 0 Å². The van der Waals surface area contributed by atoms with Gasteiger partial charge in [0.25, 0.3) is 5.91 Å². The molecule has 2 aromatic rings. The predicted octanol–water partition coefficient (Wildman–Crippen LogP) is 4.61. The zero-order valence-electron chi connectivity index (χ0n) is 13.5. The van der Waals surface area contributed by atoms with Crippen LogP contribution >= 0.6 is 22.6 Å². The third kappa shape index (κ3) is 3.66. The first-order valence-electron chi connectivity index (χ1n) is 7.44. The lowest BCUT2D eigenvalue weighted by Crippen LogP contribution is -2.15. The maximum absolute atomic E-state index is 13.6. The first kappa shape index (κ1) is 18.6. The second kappa shape index (κ2) is 7.42. The number of H-pyrrole nitrogens is 1. The first-order valence-corrected chi connectivity index (χ1v) is 8.52. The third-order valence-corrected chi connectivity index (χ3v) is 4.64. The number of amides is 1. The Labute approximate surface area is 152 Å². The van der Waals surface area contributed by atoms with Crippen LogP contribution in [0.3, 0.4) is 0 Å². The fraction of sp³-hybridized carbons (Fsp3) is 0.294. The van der Waals surface area contributed by atoms with Gasteiger partial charge in [0, 0.05) is 16.9 Å². The first-order chi connectivity index (χ1) is 11.3. The van der Waals surface area contributed by atoms with Crippen molar-refractivity contribution in [3.63, 3.8) is 0 Å². The fourth-order valence-electron chi connectivity index (χ4n) is 2.67. The molecule has 0 fully saturated rings. The average Bonchev–Trinajstić information content (AvgIpc) is 2.82. The van der Waals surface area contributed by atoms with Crippen LogP contribution in [0.2, 0.25) is 0 Å². The average molecular weight is 446 g/mol. The summed E-state index contributed by atoms with van der Waals surface area (Å²) in [5, 5.41) is 2.48. The number of carbonyl (C=O) groups excluding carboxylic acids is 2. The second-order valence-corrected chi connectivity index (χ2v) is 6.57. The Morgan fingerprint density at radius 3 is 2.33 bits per heavy atom. The number of anilines is 1. The van der Waals surface area contributed by atoms with E-state index in [4.69, 9.17) is 0 Å². The molecular weight excluding hydrogens is 429 g/mol. The lowest BCUT2D eigenvalue weighted by Gasteiger charge is -2.08. The molecule has 7 heteroatoms. The summed E-state index contributed by atoms with van der Waals surface area (Å²) in [7, 11) is 0. The van der Waals surface area contributed by atoms with E-state index < -0.39 is 17.5 Å². The van der Waals surface area contributed by atoms with E-state index in [-0.39, 0.29) is 20.7 Å². The van der Waals surface area contributed by atoms with E-state index in [1.165, 1.54) is 6.92 Å². The molecule has 1 aromatic heterocycles. The number of nitrogens with one attached hydrogen (secondary N) is 2. The molecule has 0 spiro atoms. The Hall–Kier alpha value is -1.77. The van der Waals surface area contributed by atoms with E-state index in [1.54, 1.807) is 29.5 Å². The summed E-state index contributed by atoms with van der Waals surface area (Å²) < 4.78 is 27.1. The fourth-order valence-corrected chi connectivity index (χ4v) is 2.98. The molecule has 2 rings (SSSR count). The van der Waals surface area contributed by atoms with Gasteiger partial charge in [-0.2, -0.15) is 0 Å². The van der Waals surface area contributed by atoms with Crippen molar-refractivity contribution in [2.45, 2.75) is 33.6 Å². The van der Waals surface area contributed by atoms with Gasteiger partial charge in [0.15, 0.2) is 5.78 Å². The van der Waals surface area contributed by atoms with E-state index in [9.17, 15) is 18.4 Å². The highest BCUT2D eigenvalue weighted by atomic mass is 127. The molecule has 0 unspecified atom stereocenters. The standard InChI is InChI=1S/C17H17F2IN2O2/c1-4-5-11-14(9(3)23)8(2)21-16(11)17(24)22-10-6-12(18)15(20)13(19)7-10/h6-7,21H,4-5H2,1-3H3,(H,22,24). The number of hydrogen-bond acceptors (Lipinski definition) is 2. The summed E-state index contributed by atoms with van der Waals surface area (Å²) >= 11 is 1.56. The molecule has 1 heterocycles. The minimum absolute atomic E-state index is 0.0227. The van der Waals surface area contributed by atoms with Crippen LogP contribution in [-0.4, -0.2) is 16.7 Å². The van der Waals surface area contributed by atoms with Crippen molar-refractivity contribution in [3.05, 3.63) is 49.9 Å². The molecule has 2 N–H and O–H groups in total. The Morgan fingerprint density at radius 1 is 1.25 bits per heavy atom. The number of aryl methyl sites for hydroxylation is 1. The molecule has 0 saturated carbocycles. The van der Waals surface area contributed by atoms with E-state index >= 15 is 0 Å². The largest absolute Gasteiger partial charge is 0.354 e. The van der Waals surface area contributed by atoms with Crippen LogP contribution in [0.5, 0.6) is 0 Å². The van der Waals surface area contributed by atoms with Crippen LogP contribution in [0.4, 0.5) is 14.5 Å². The molecule has 1 amide bonds. The summed E-state index contributed by atoms with van der Waals surface area (Å²) in [6, 6.07) is 2.12. The summed E-state index contributed by atoms with van der Waals surface area (Å²) in [6.07, 6.45) is 1.31. The molecule has 4 nitrogen and oxygen atoms in total. The number of ketones is 1. The zero-order chi connectivity index (χ0) is 18.0. The highest BCUT2D eigenvalue weighted by Gasteiger charge is 2.22. The Bertz CT molecular complexity index is 792. The molecule has 0 aliphatic heterocycles. The molecule has 0 saturated heterocycles. The monoisotopic (exact) mass is 446 g/mol. The Balaban J connectivity index is 2.40. The van der Waals surface area contributed by atoms with Gasteiger partial charge >= 0.3 is 0 Å². The molecule has 128 valence electrons. The molecule has 1 aromatic carbocycles. The number of aromatic amines is 1. The number of carbonyl (C=O) groups is 2. The molecule has 0 aliphatic carbocycles. The molecule has 0 aliphatic rings. The highest BCUT2D eigenvalue weighted by Crippen LogP contribution is 2.24. The highest BCUT2D eigenvalue weighted by molar-refractivity contribution is 14.1. The zero-order valence-corrected chi connectivity index (χ0v) is 15.7. The van der Waals surface area contributed by atoms with Crippen LogP contribution in [-0.2, 0) is 6.42 Å². The van der Waals surface area contributed by atoms with Gasteiger partial charge in [0.2, 0.25) is 0 Å². The van der Waals surface area contributed by atoms with Crippen molar-refractivity contribution in [2.24, 2.45) is 0 Å². The quantitative estimate of drug-likeness (QED) is 0.400. The summed E-state index contributed by atoms with van der Waals surface area (Å²) in [4.78, 5) is 27.3. The second-order valence-electron chi connectivity index (χ2n) is 5.49.